The number of rotatable bonds is 4. The van der Waals surface area contributed by atoms with Gasteiger partial charge in [0.05, 0.1) is 22.8 Å². The van der Waals surface area contributed by atoms with Crippen LogP contribution in [0.15, 0.2) is 48.5 Å². The van der Waals surface area contributed by atoms with Gasteiger partial charge in [0.2, 0.25) is 0 Å². The third-order valence-electron chi connectivity index (χ3n) is 6.49. The first kappa shape index (κ1) is 20.5. The van der Waals surface area contributed by atoms with Crippen molar-refractivity contribution in [1.29, 1.82) is 0 Å². The number of nitrogens with one attached hydrogen (secondary N) is 2. The molecular formula is C28H30N4. The van der Waals surface area contributed by atoms with Gasteiger partial charge in [0.1, 0.15) is 0 Å². The number of fused-ring (bicyclic) bond motifs is 8. The van der Waals surface area contributed by atoms with Crippen molar-refractivity contribution in [1.82, 2.24) is 19.9 Å². The molecule has 3 aromatic heterocycles. The first-order chi connectivity index (χ1) is 15.6. The Kier molecular flexibility index (Phi) is 5.30. The van der Waals surface area contributed by atoms with Crippen LogP contribution in [0.5, 0.6) is 0 Å². The molecule has 2 aliphatic rings. The van der Waals surface area contributed by atoms with Gasteiger partial charge in [-0.1, -0.05) is 27.7 Å². The quantitative estimate of drug-likeness (QED) is 0.451. The predicted molar refractivity (Wildman–Crippen MR) is 136 cm³/mol. The predicted octanol–water partition coefficient (Wildman–Crippen LogP) is 7.78. The Labute approximate surface area is 189 Å². The van der Waals surface area contributed by atoms with Crippen molar-refractivity contribution in [3.63, 3.8) is 0 Å². The average Bonchev–Trinajstić information content (AvgIpc) is 3.55. The van der Waals surface area contributed by atoms with E-state index in [0.29, 0.717) is 0 Å². The monoisotopic (exact) mass is 422 g/mol. The average molecular weight is 423 g/mol. The molecule has 32 heavy (non-hydrogen) atoms. The normalized spacial score (nSPS) is 13.9. The molecule has 0 atom stereocenters. The third-order valence-corrected chi connectivity index (χ3v) is 6.49. The van der Waals surface area contributed by atoms with E-state index in [1.54, 1.807) is 0 Å². The minimum absolute atomic E-state index is 0.965. The summed E-state index contributed by atoms with van der Waals surface area (Å²) in [6.45, 7) is 8.88. The highest BCUT2D eigenvalue weighted by Crippen LogP contribution is 2.38. The third kappa shape index (κ3) is 3.50. The molecule has 5 rings (SSSR count). The van der Waals surface area contributed by atoms with E-state index < -0.39 is 0 Å². The van der Waals surface area contributed by atoms with Crippen LogP contribution in [-0.4, -0.2) is 19.9 Å². The molecule has 8 bridgehead atoms. The van der Waals surface area contributed by atoms with Gasteiger partial charge in [0, 0.05) is 22.1 Å². The zero-order valence-electron chi connectivity index (χ0n) is 19.3. The highest BCUT2D eigenvalue weighted by Gasteiger charge is 2.21. The van der Waals surface area contributed by atoms with E-state index in [4.69, 9.17) is 9.97 Å². The standard InChI is InChI=1S/C28H30N4/c1-5-21-23(7-3)27-16-28-24(8-4)22(6-2)26(32-28)15-20-12-10-18(30-20)13-17-9-11-19(29-17)14-25(21)31-27/h9-16,29-30H,5-8H2,1-4H3. The largest absolute Gasteiger partial charge is 0.355 e. The second-order valence-electron chi connectivity index (χ2n) is 8.41. The molecule has 0 fully saturated rings. The Morgan fingerprint density at radius 1 is 0.469 bits per heavy atom. The number of nitrogens with zero attached hydrogens (tertiary/aromatic N) is 2. The lowest BCUT2D eigenvalue weighted by molar-refractivity contribution is 1.18. The van der Waals surface area contributed by atoms with Crippen molar-refractivity contribution in [3.05, 3.63) is 71.3 Å². The highest BCUT2D eigenvalue weighted by molar-refractivity contribution is 5.95. The summed E-state index contributed by atoms with van der Waals surface area (Å²) in [5.41, 5.74) is 13.9. The lowest BCUT2D eigenvalue weighted by atomic mass is 9.98. The maximum atomic E-state index is 5.09. The molecule has 4 heteroatoms. The van der Waals surface area contributed by atoms with Crippen LogP contribution in [0.1, 0.15) is 76.2 Å². The van der Waals surface area contributed by atoms with Gasteiger partial charge in [-0.15, -0.1) is 0 Å². The molecule has 5 heterocycles. The summed E-state index contributed by atoms with van der Waals surface area (Å²) in [5, 5.41) is 0. The van der Waals surface area contributed by atoms with E-state index in [-0.39, 0.29) is 0 Å². The second kappa shape index (κ2) is 8.27. The van der Waals surface area contributed by atoms with Crippen LogP contribution in [-0.2, 0) is 0 Å². The fourth-order valence-corrected chi connectivity index (χ4v) is 4.99. The van der Waals surface area contributed by atoms with E-state index in [2.05, 4.69) is 86.2 Å². The first-order valence-corrected chi connectivity index (χ1v) is 11.8. The topological polar surface area (TPSA) is 57.4 Å². The summed E-state index contributed by atoms with van der Waals surface area (Å²) < 4.78 is 0. The lowest BCUT2D eigenvalue weighted by Gasteiger charge is -2.04. The van der Waals surface area contributed by atoms with Gasteiger partial charge in [0.25, 0.3) is 0 Å². The van der Waals surface area contributed by atoms with Crippen molar-refractivity contribution >= 4 is 44.4 Å². The van der Waals surface area contributed by atoms with Crippen molar-refractivity contribution in [2.24, 2.45) is 0 Å². The van der Waals surface area contributed by atoms with Crippen LogP contribution in [0, 0.1) is 0 Å². The van der Waals surface area contributed by atoms with Crippen LogP contribution < -0.4 is 0 Å². The van der Waals surface area contributed by atoms with E-state index in [1.165, 1.54) is 22.3 Å². The molecule has 0 radical (unpaired) electrons. The Bertz CT molecular complexity index is 1310. The van der Waals surface area contributed by atoms with Crippen LogP contribution in [0.3, 0.4) is 0 Å². The Morgan fingerprint density at radius 3 is 1.12 bits per heavy atom. The molecule has 4 nitrogen and oxygen atoms in total. The van der Waals surface area contributed by atoms with E-state index in [1.807, 2.05) is 0 Å². The minimum atomic E-state index is 0.965. The van der Waals surface area contributed by atoms with Gasteiger partial charge in [-0.2, -0.15) is 0 Å². The first-order valence-electron chi connectivity index (χ1n) is 11.8. The van der Waals surface area contributed by atoms with Gasteiger partial charge >= 0.3 is 0 Å². The molecule has 162 valence electrons. The van der Waals surface area contributed by atoms with Crippen molar-refractivity contribution in [3.8, 4) is 0 Å². The summed E-state index contributed by atoms with van der Waals surface area (Å²) in [4.78, 5) is 17.2. The van der Waals surface area contributed by atoms with Crippen molar-refractivity contribution in [2.75, 3.05) is 0 Å². The highest BCUT2D eigenvalue weighted by atomic mass is 14.8. The zero-order valence-corrected chi connectivity index (χ0v) is 19.3. The number of hydrogen-bond donors (Lipinski definition) is 2. The molecule has 0 saturated heterocycles. The summed E-state index contributed by atoms with van der Waals surface area (Å²) in [6.07, 6.45) is 3.86. The molecule has 2 aliphatic heterocycles. The molecule has 2 N–H and O–H groups in total. The maximum Gasteiger partial charge on any atom is 0.0694 e. The number of allylic oxidation sites excluding steroid dienone is 4. The lowest BCUT2D eigenvalue weighted by Crippen LogP contribution is -1.86. The van der Waals surface area contributed by atoms with Crippen molar-refractivity contribution in [2.45, 2.75) is 53.4 Å². The number of H-pyrrole nitrogens is 2. The summed E-state index contributed by atoms with van der Waals surface area (Å²) >= 11 is 0. The molecule has 0 aliphatic carbocycles. The number of aromatic amines is 2. The van der Waals surface area contributed by atoms with Gasteiger partial charge in [-0.05, 0) is 96.5 Å². The SMILES string of the molecule is CCC1=C(CC)c2cc3ccc(cc4ccc(cc5nc(cc1n2)C(CC)=C5CC)[nH]4)[nH]3. The van der Waals surface area contributed by atoms with Gasteiger partial charge in [0.15, 0.2) is 0 Å². The van der Waals surface area contributed by atoms with E-state index in [9.17, 15) is 0 Å². The van der Waals surface area contributed by atoms with E-state index >= 15 is 0 Å². The molecule has 0 amide bonds. The second-order valence-corrected chi connectivity index (χ2v) is 8.41. The molecular weight excluding hydrogens is 392 g/mol. The van der Waals surface area contributed by atoms with E-state index in [0.717, 1.165) is 70.5 Å². The fraction of sp³-hybridized carbons (Fsp3) is 0.286. The van der Waals surface area contributed by atoms with Crippen molar-refractivity contribution < 1.29 is 0 Å². The van der Waals surface area contributed by atoms with Gasteiger partial charge in [-0.25, -0.2) is 9.97 Å². The maximum absolute atomic E-state index is 5.09. The summed E-state index contributed by atoms with van der Waals surface area (Å²) in [5.74, 6) is 0. The zero-order chi connectivity index (χ0) is 22.2. The van der Waals surface area contributed by atoms with Crippen LogP contribution >= 0.6 is 0 Å². The van der Waals surface area contributed by atoms with Crippen LogP contribution in [0.2, 0.25) is 0 Å². The molecule has 0 spiro atoms. The van der Waals surface area contributed by atoms with Crippen LogP contribution in [0.25, 0.3) is 44.4 Å². The van der Waals surface area contributed by atoms with Gasteiger partial charge in [-0.3, -0.25) is 0 Å². The van der Waals surface area contributed by atoms with Crippen LogP contribution in [0.4, 0.5) is 0 Å². The Balaban J connectivity index is 1.91. The molecule has 0 unspecified atom stereocenters. The smallest absolute Gasteiger partial charge is 0.0694 e. The Morgan fingerprint density at radius 2 is 0.781 bits per heavy atom. The molecule has 0 aromatic carbocycles. The summed E-state index contributed by atoms with van der Waals surface area (Å²) in [7, 11) is 0. The Hall–Kier alpha value is -3.40. The molecule has 0 saturated carbocycles. The van der Waals surface area contributed by atoms with Gasteiger partial charge < -0.3 is 9.97 Å². The minimum Gasteiger partial charge on any atom is -0.355 e. The molecule has 3 aromatic rings. The summed E-state index contributed by atoms with van der Waals surface area (Å²) in [6, 6.07) is 17.2. The number of aromatic nitrogens is 4. The fourth-order valence-electron chi connectivity index (χ4n) is 4.99. The number of hydrogen-bond acceptors (Lipinski definition) is 2.